The number of rotatable bonds is 3. The lowest BCUT2D eigenvalue weighted by Gasteiger charge is -2.26. The number of hydrogen-bond donors (Lipinski definition) is 0. The molecule has 0 radical (unpaired) electrons. The van der Waals surface area contributed by atoms with Crippen LogP contribution in [0.25, 0.3) is 11.0 Å². The van der Waals surface area contributed by atoms with Gasteiger partial charge in [0.25, 0.3) is 5.91 Å². The van der Waals surface area contributed by atoms with Crippen molar-refractivity contribution < 1.29 is 13.6 Å². The smallest absolute Gasteiger partial charge is 0.291 e. The van der Waals surface area contributed by atoms with E-state index in [-0.39, 0.29) is 28.9 Å². The molecular weight excluding hydrogens is 485 g/mol. The number of hydrogen-bond acceptors (Lipinski definition) is 3. The number of benzene rings is 3. The summed E-state index contributed by atoms with van der Waals surface area (Å²) in [5.74, 6) is -1.06. The third-order valence-electron chi connectivity index (χ3n) is 5.43. The van der Waals surface area contributed by atoms with Crippen LogP contribution in [0.15, 0.2) is 80.4 Å². The highest BCUT2D eigenvalue weighted by atomic mass is 79.9. The predicted octanol–water partition coefficient (Wildman–Crippen LogP) is 6.09. The molecule has 0 aliphatic carbocycles. The van der Waals surface area contributed by atoms with Crippen molar-refractivity contribution in [3.8, 4) is 0 Å². The van der Waals surface area contributed by atoms with Crippen LogP contribution in [0.1, 0.15) is 33.3 Å². The number of amides is 1. The molecule has 4 nitrogen and oxygen atoms in total. The number of nitrogens with zero attached hydrogens (tertiary/aromatic N) is 1. The van der Waals surface area contributed by atoms with Crippen molar-refractivity contribution in [1.82, 2.24) is 4.90 Å². The summed E-state index contributed by atoms with van der Waals surface area (Å²) in [5.41, 5.74) is 0.982. The Balaban J connectivity index is 1.77. The van der Waals surface area contributed by atoms with Crippen LogP contribution >= 0.6 is 27.5 Å². The fraction of sp³-hybridized carbons (Fsp3) is 0.0833. The Kier molecular flexibility index (Phi) is 4.91. The van der Waals surface area contributed by atoms with Crippen LogP contribution in [0.5, 0.6) is 0 Å². The lowest BCUT2D eigenvalue weighted by molar-refractivity contribution is 0.0712. The summed E-state index contributed by atoms with van der Waals surface area (Å²) < 4.78 is 21.4. The third kappa shape index (κ3) is 3.27. The Morgan fingerprint density at radius 2 is 1.77 bits per heavy atom. The molecule has 2 heterocycles. The first-order valence-corrected chi connectivity index (χ1v) is 10.7. The summed E-state index contributed by atoms with van der Waals surface area (Å²) in [7, 11) is 0. The molecule has 1 aliphatic heterocycles. The summed E-state index contributed by atoms with van der Waals surface area (Å²) in [6.07, 6.45) is 0. The molecule has 1 amide bonds. The molecule has 1 atom stereocenters. The Morgan fingerprint density at radius 1 is 1.03 bits per heavy atom. The van der Waals surface area contributed by atoms with Gasteiger partial charge in [0.2, 0.25) is 5.76 Å². The van der Waals surface area contributed by atoms with Gasteiger partial charge in [-0.3, -0.25) is 9.59 Å². The van der Waals surface area contributed by atoms with Crippen LogP contribution < -0.4 is 5.43 Å². The predicted molar refractivity (Wildman–Crippen MR) is 120 cm³/mol. The molecule has 0 N–H and O–H groups in total. The van der Waals surface area contributed by atoms with Crippen LogP contribution in [0, 0.1) is 5.82 Å². The molecular formula is C24H14BrClFNO3. The van der Waals surface area contributed by atoms with E-state index in [0.717, 1.165) is 0 Å². The molecule has 4 aromatic rings. The van der Waals surface area contributed by atoms with Crippen molar-refractivity contribution in [2.45, 2.75) is 12.6 Å². The maximum atomic E-state index is 14.9. The van der Waals surface area contributed by atoms with E-state index in [2.05, 4.69) is 15.9 Å². The average Bonchev–Trinajstić information content (AvgIpc) is 3.03. The van der Waals surface area contributed by atoms with Crippen molar-refractivity contribution in [1.29, 1.82) is 0 Å². The molecule has 31 heavy (non-hydrogen) atoms. The van der Waals surface area contributed by atoms with Gasteiger partial charge in [0.15, 0.2) is 5.43 Å². The Bertz CT molecular complexity index is 1420. The third-order valence-corrected chi connectivity index (χ3v) is 6.29. The Morgan fingerprint density at radius 3 is 2.55 bits per heavy atom. The van der Waals surface area contributed by atoms with Gasteiger partial charge in [-0.05, 0) is 35.9 Å². The lowest BCUT2D eigenvalue weighted by atomic mass is 9.98. The van der Waals surface area contributed by atoms with Crippen molar-refractivity contribution in [2.24, 2.45) is 0 Å². The van der Waals surface area contributed by atoms with Gasteiger partial charge in [-0.1, -0.05) is 63.9 Å². The number of halogens is 3. The van der Waals surface area contributed by atoms with E-state index in [4.69, 9.17) is 16.0 Å². The van der Waals surface area contributed by atoms with E-state index < -0.39 is 17.8 Å². The molecule has 0 spiro atoms. The quantitative estimate of drug-likeness (QED) is 0.343. The second kappa shape index (κ2) is 7.62. The van der Waals surface area contributed by atoms with Gasteiger partial charge in [0.1, 0.15) is 11.4 Å². The van der Waals surface area contributed by atoms with E-state index >= 15 is 0 Å². The molecule has 0 fully saturated rings. The zero-order valence-corrected chi connectivity index (χ0v) is 18.3. The minimum atomic E-state index is -0.931. The molecule has 0 saturated heterocycles. The monoisotopic (exact) mass is 497 g/mol. The first-order chi connectivity index (χ1) is 15.0. The Hall–Kier alpha value is -2.96. The van der Waals surface area contributed by atoms with Gasteiger partial charge in [-0.25, -0.2) is 4.39 Å². The van der Waals surface area contributed by atoms with Crippen molar-refractivity contribution in [3.63, 3.8) is 0 Å². The summed E-state index contributed by atoms with van der Waals surface area (Å²) in [6.45, 7) is 0.0984. The van der Waals surface area contributed by atoms with Gasteiger partial charge in [0, 0.05) is 21.6 Å². The second-order valence-corrected chi connectivity index (χ2v) is 8.59. The highest BCUT2D eigenvalue weighted by molar-refractivity contribution is 9.10. The molecule has 154 valence electrons. The summed E-state index contributed by atoms with van der Waals surface area (Å²) in [6, 6.07) is 17.3. The molecule has 5 rings (SSSR count). The molecule has 1 aromatic heterocycles. The number of carbonyl (C=O) groups excluding carboxylic acids is 1. The number of fused-ring (bicyclic) bond motifs is 2. The van der Waals surface area contributed by atoms with E-state index in [1.807, 2.05) is 6.07 Å². The van der Waals surface area contributed by atoms with E-state index in [0.29, 0.717) is 26.0 Å². The topological polar surface area (TPSA) is 50.5 Å². The molecule has 7 heteroatoms. The first-order valence-electron chi connectivity index (χ1n) is 9.51. The van der Waals surface area contributed by atoms with E-state index in [1.54, 1.807) is 54.6 Å². The van der Waals surface area contributed by atoms with E-state index in [1.165, 1.54) is 11.0 Å². The highest BCUT2D eigenvalue weighted by Crippen LogP contribution is 2.40. The van der Waals surface area contributed by atoms with Crippen LogP contribution in [0.3, 0.4) is 0 Å². The van der Waals surface area contributed by atoms with Gasteiger partial charge >= 0.3 is 0 Å². The summed E-state index contributed by atoms with van der Waals surface area (Å²) in [4.78, 5) is 28.3. The van der Waals surface area contributed by atoms with Crippen LogP contribution in [0.2, 0.25) is 5.02 Å². The SMILES string of the molecule is O=C1c2oc3ccc(Br)cc3c(=O)c2[C@@H](c2ccccc2F)N1Cc1ccccc1Cl. The normalized spacial score (nSPS) is 15.5. The molecule has 0 saturated carbocycles. The fourth-order valence-electron chi connectivity index (χ4n) is 3.99. The largest absolute Gasteiger partial charge is 0.450 e. The average molecular weight is 499 g/mol. The maximum Gasteiger partial charge on any atom is 0.291 e. The highest BCUT2D eigenvalue weighted by Gasteiger charge is 2.43. The van der Waals surface area contributed by atoms with Crippen molar-refractivity contribution in [3.05, 3.63) is 115 Å². The second-order valence-electron chi connectivity index (χ2n) is 7.26. The van der Waals surface area contributed by atoms with Crippen LogP contribution in [0.4, 0.5) is 4.39 Å². The first kappa shape index (κ1) is 20.0. The Labute approximate surface area is 190 Å². The lowest BCUT2D eigenvalue weighted by Crippen LogP contribution is -2.30. The maximum absolute atomic E-state index is 14.9. The number of carbonyl (C=O) groups is 1. The molecule has 3 aromatic carbocycles. The van der Waals surface area contributed by atoms with Crippen molar-refractivity contribution >= 4 is 44.4 Å². The van der Waals surface area contributed by atoms with Crippen molar-refractivity contribution in [2.75, 3.05) is 0 Å². The zero-order valence-electron chi connectivity index (χ0n) is 15.9. The van der Waals surface area contributed by atoms with Crippen LogP contribution in [-0.2, 0) is 6.54 Å². The molecule has 0 bridgehead atoms. The molecule has 0 unspecified atom stereocenters. The minimum Gasteiger partial charge on any atom is -0.450 e. The zero-order chi connectivity index (χ0) is 21.7. The molecule has 1 aliphatic rings. The minimum absolute atomic E-state index is 0.0693. The summed E-state index contributed by atoms with van der Waals surface area (Å²) >= 11 is 9.68. The van der Waals surface area contributed by atoms with Gasteiger partial charge in [-0.2, -0.15) is 0 Å². The summed E-state index contributed by atoms with van der Waals surface area (Å²) in [5, 5.41) is 0.800. The van der Waals surface area contributed by atoms with Gasteiger partial charge in [0.05, 0.1) is 17.0 Å². The van der Waals surface area contributed by atoms with E-state index in [9.17, 15) is 14.0 Å². The van der Waals surface area contributed by atoms with Gasteiger partial charge in [-0.15, -0.1) is 0 Å². The fourth-order valence-corrected chi connectivity index (χ4v) is 4.54. The van der Waals surface area contributed by atoms with Gasteiger partial charge < -0.3 is 9.32 Å². The van der Waals surface area contributed by atoms with Crippen LogP contribution in [-0.4, -0.2) is 10.8 Å². The standard InChI is InChI=1S/C24H14BrClFNO3/c25-14-9-10-19-16(11-14)22(29)20-21(15-6-2-4-8-18(15)27)28(24(30)23(20)31-19)12-13-5-1-3-7-17(13)26/h1-11,21H,12H2/t21-/m1/s1.